The zero-order valence-corrected chi connectivity index (χ0v) is 10.6. The molecule has 1 aromatic carbocycles. The monoisotopic (exact) mass is 238 g/mol. The summed E-state index contributed by atoms with van der Waals surface area (Å²) < 4.78 is 26.8. The minimum Gasteiger partial charge on any atom is -0.207 e. The Balaban J connectivity index is 2.04. The van der Waals surface area contributed by atoms with E-state index in [0.29, 0.717) is 5.92 Å². The van der Waals surface area contributed by atoms with Gasteiger partial charge in [0.05, 0.1) is 0 Å². The molecule has 1 aromatic rings. The zero-order valence-electron chi connectivity index (χ0n) is 10.6. The smallest absolute Gasteiger partial charge is 0.129 e. The van der Waals surface area contributed by atoms with Gasteiger partial charge in [-0.1, -0.05) is 19.8 Å². The highest BCUT2D eigenvalue weighted by Gasteiger charge is 2.19. The summed E-state index contributed by atoms with van der Waals surface area (Å²) in [4.78, 5) is 0. The van der Waals surface area contributed by atoms with Gasteiger partial charge in [0.1, 0.15) is 11.6 Å². The summed E-state index contributed by atoms with van der Waals surface area (Å²) in [6, 6.07) is 2.99. The van der Waals surface area contributed by atoms with Gasteiger partial charge < -0.3 is 0 Å². The molecule has 0 aliphatic heterocycles. The Labute approximate surface area is 102 Å². The van der Waals surface area contributed by atoms with E-state index < -0.39 is 11.6 Å². The lowest BCUT2D eigenvalue weighted by Crippen LogP contribution is -2.14. The Bertz CT molecular complexity index is 367. The quantitative estimate of drug-likeness (QED) is 0.704. The molecule has 0 spiro atoms. The molecule has 1 aliphatic carbocycles. The lowest BCUT2D eigenvalue weighted by atomic mass is 9.80. The first kappa shape index (κ1) is 12.5. The molecule has 0 radical (unpaired) electrons. The molecular weight excluding hydrogens is 218 g/mol. The van der Waals surface area contributed by atoms with Crippen LogP contribution in [0.15, 0.2) is 12.1 Å². The maximum absolute atomic E-state index is 13.4. The Morgan fingerprint density at radius 2 is 1.59 bits per heavy atom. The molecule has 0 heterocycles. The van der Waals surface area contributed by atoms with Crippen molar-refractivity contribution in [2.75, 3.05) is 0 Å². The van der Waals surface area contributed by atoms with Crippen LogP contribution < -0.4 is 0 Å². The lowest BCUT2D eigenvalue weighted by Gasteiger charge is -2.26. The predicted molar refractivity (Wildman–Crippen MR) is 65.9 cm³/mol. The average Bonchev–Trinajstić information content (AvgIpc) is 2.29. The fourth-order valence-corrected chi connectivity index (χ4v) is 2.68. The third-order valence-electron chi connectivity index (χ3n) is 4.00. The van der Waals surface area contributed by atoms with Crippen LogP contribution in [0.1, 0.15) is 43.7 Å². The third kappa shape index (κ3) is 3.05. The van der Waals surface area contributed by atoms with Gasteiger partial charge in [0.15, 0.2) is 0 Å². The third-order valence-corrected chi connectivity index (χ3v) is 4.00. The maximum Gasteiger partial charge on any atom is 0.129 e. The topological polar surface area (TPSA) is 0 Å². The van der Waals surface area contributed by atoms with Crippen molar-refractivity contribution >= 4 is 0 Å². The molecule has 1 fully saturated rings. The van der Waals surface area contributed by atoms with E-state index in [0.717, 1.165) is 17.9 Å². The van der Waals surface area contributed by atoms with E-state index in [9.17, 15) is 8.78 Å². The van der Waals surface area contributed by atoms with Crippen LogP contribution >= 0.6 is 0 Å². The van der Waals surface area contributed by atoms with E-state index in [4.69, 9.17) is 0 Å². The van der Waals surface area contributed by atoms with Crippen molar-refractivity contribution in [1.82, 2.24) is 0 Å². The highest BCUT2D eigenvalue weighted by molar-refractivity contribution is 5.25. The highest BCUT2D eigenvalue weighted by atomic mass is 19.1. The predicted octanol–water partition coefficient (Wildman–Crippen LogP) is 4.64. The van der Waals surface area contributed by atoms with E-state index in [1.165, 1.54) is 44.7 Å². The summed E-state index contributed by atoms with van der Waals surface area (Å²) >= 11 is 0. The van der Waals surface area contributed by atoms with Crippen LogP contribution in [0.5, 0.6) is 0 Å². The molecule has 1 aliphatic rings. The standard InChI is InChI=1S/C15H20F2/c1-10-3-5-12(6-4-10)7-13-8-14(16)11(2)15(17)9-13/h8-10,12H,3-7H2,1-2H3. The Hall–Kier alpha value is -0.920. The van der Waals surface area contributed by atoms with Gasteiger partial charge in [-0.25, -0.2) is 8.78 Å². The minimum absolute atomic E-state index is 0.131. The molecule has 1 saturated carbocycles. The van der Waals surface area contributed by atoms with Gasteiger partial charge in [0, 0.05) is 5.56 Å². The molecule has 0 bridgehead atoms. The molecule has 0 amide bonds. The second-order valence-electron chi connectivity index (χ2n) is 5.51. The molecule has 94 valence electrons. The van der Waals surface area contributed by atoms with Crippen molar-refractivity contribution in [2.45, 2.75) is 46.0 Å². The number of hydrogen-bond donors (Lipinski definition) is 0. The molecular formula is C15H20F2. The number of halogens is 2. The largest absolute Gasteiger partial charge is 0.207 e. The molecule has 0 aromatic heterocycles. The van der Waals surface area contributed by atoms with Gasteiger partial charge in [-0.3, -0.25) is 0 Å². The van der Waals surface area contributed by atoms with Crippen LogP contribution in [-0.4, -0.2) is 0 Å². The first-order valence-corrected chi connectivity index (χ1v) is 6.50. The van der Waals surface area contributed by atoms with Gasteiger partial charge >= 0.3 is 0 Å². The van der Waals surface area contributed by atoms with Crippen molar-refractivity contribution in [3.63, 3.8) is 0 Å². The van der Waals surface area contributed by atoms with Crippen LogP contribution in [0.3, 0.4) is 0 Å². The summed E-state index contributed by atoms with van der Waals surface area (Å²) in [7, 11) is 0. The Kier molecular flexibility index (Phi) is 3.80. The van der Waals surface area contributed by atoms with Crippen molar-refractivity contribution in [3.8, 4) is 0 Å². The van der Waals surface area contributed by atoms with Crippen molar-refractivity contribution < 1.29 is 8.78 Å². The van der Waals surface area contributed by atoms with Gasteiger partial charge in [-0.15, -0.1) is 0 Å². The first-order chi connectivity index (χ1) is 8.06. The molecule has 2 heteroatoms. The zero-order chi connectivity index (χ0) is 12.4. The molecule has 0 unspecified atom stereocenters. The van der Waals surface area contributed by atoms with E-state index in [-0.39, 0.29) is 5.56 Å². The number of hydrogen-bond acceptors (Lipinski definition) is 0. The molecule has 17 heavy (non-hydrogen) atoms. The van der Waals surface area contributed by atoms with Crippen LogP contribution in [0.4, 0.5) is 8.78 Å². The van der Waals surface area contributed by atoms with Crippen molar-refractivity contribution in [1.29, 1.82) is 0 Å². The molecule has 0 atom stereocenters. The van der Waals surface area contributed by atoms with Crippen molar-refractivity contribution in [3.05, 3.63) is 34.9 Å². The van der Waals surface area contributed by atoms with E-state index in [2.05, 4.69) is 6.92 Å². The summed E-state index contributed by atoms with van der Waals surface area (Å²) in [6.07, 6.45) is 5.71. The first-order valence-electron chi connectivity index (χ1n) is 6.50. The molecule has 0 nitrogen and oxygen atoms in total. The summed E-state index contributed by atoms with van der Waals surface area (Å²) in [5, 5.41) is 0. The van der Waals surface area contributed by atoms with E-state index in [1.807, 2.05) is 0 Å². The van der Waals surface area contributed by atoms with Gasteiger partial charge in [-0.05, 0) is 55.7 Å². The second-order valence-corrected chi connectivity index (χ2v) is 5.51. The maximum atomic E-state index is 13.4. The van der Waals surface area contributed by atoms with Gasteiger partial charge in [0.25, 0.3) is 0 Å². The van der Waals surface area contributed by atoms with Gasteiger partial charge in [0.2, 0.25) is 0 Å². The van der Waals surface area contributed by atoms with Crippen LogP contribution in [0.25, 0.3) is 0 Å². The number of rotatable bonds is 2. The molecule has 0 N–H and O–H groups in total. The lowest BCUT2D eigenvalue weighted by molar-refractivity contribution is 0.288. The van der Waals surface area contributed by atoms with Crippen LogP contribution in [0.2, 0.25) is 0 Å². The highest BCUT2D eigenvalue weighted by Crippen LogP contribution is 2.31. The second kappa shape index (κ2) is 5.16. The molecule has 0 saturated heterocycles. The van der Waals surface area contributed by atoms with Crippen LogP contribution in [-0.2, 0) is 6.42 Å². The fourth-order valence-electron chi connectivity index (χ4n) is 2.68. The van der Waals surface area contributed by atoms with E-state index >= 15 is 0 Å². The Morgan fingerprint density at radius 3 is 2.12 bits per heavy atom. The normalized spacial score (nSPS) is 24.9. The molecule has 2 rings (SSSR count). The van der Waals surface area contributed by atoms with Gasteiger partial charge in [-0.2, -0.15) is 0 Å². The fraction of sp³-hybridized carbons (Fsp3) is 0.600. The van der Waals surface area contributed by atoms with Crippen LogP contribution in [0, 0.1) is 30.4 Å². The Morgan fingerprint density at radius 1 is 1.06 bits per heavy atom. The summed E-state index contributed by atoms with van der Waals surface area (Å²) in [5.74, 6) is 0.596. The SMILES string of the molecule is Cc1c(F)cc(CC2CCC(C)CC2)cc1F. The van der Waals surface area contributed by atoms with Crippen molar-refractivity contribution in [2.24, 2.45) is 11.8 Å². The van der Waals surface area contributed by atoms with E-state index in [1.54, 1.807) is 0 Å². The summed E-state index contributed by atoms with van der Waals surface area (Å²) in [6.45, 7) is 3.76. The average molecular weight is 238 g/mol. The summed E-state index contributed by atoms with van der Waals surface area (Å²) in [5.41, 5.74) is 0.941. The number of benzene rings is 1. The minimum atomic E-state index is -0.413.